The van der Waals surface area contributed by atoms with Crippen molar-refractivity contribution >= 4 is 0 Å². The minimum absolute atomic E-state index is 0.568. The largest absolute Gasteiger partial charge is 0.446 e. The van der Waals surface area contributed by atoms with Crippen molar-refractivity contribution in [2.75, 3.05) is 26.4 Å². The van der Waals surface area contributed by atoms with E-state index in [9.17, 15) is 0 Å². The summed E-state index contributed by atoms with van der Waals surface area (Å²) in [5.41, 5.74) is 0. The van der Waals surface area contributed by atoms with Gasteiger partial charge in [0.05, 0.1) is 19.8 Å². The van der Waals surface area contributed by atoms with Crippen molar-refractivity contribution in [2.24, 2.45) is 0 Å². The molecule has 0 rings (SSSR count). The van der Waals surface area contributed by atoms with Crippen LogP contribution < -0.4 is 0 Å². The summed E-state index contributed by atoms with van der Waals surface area (Å²) in [6.07, 6.45) is 10.8. The summed E-state index contributed by atoms with van der Waals surface area (Å²) in [4.78, 5) is 0. The van der Waals surface area contributed by atoms with Crippen LogP contribution in [0.25, 0.3) is 0 Å². The van der Waals surface area contributed by atoms with E-state index < -0.39 is 5.97 Å². The van der Waals surface area contributed by atoms with Gasteiger partial charge in [0.2, 0.25) is 0 Å². The molecule has 0 aromatic heterocycles. The average Bonchev–Trinajstić information content (AvgIpc) is 2.55. The average molecular weight is 328 g/mol. The Bertz CT molecular complexity index is 280. The summed E-state index contributed by atoms with van der Waals surface area (Å²) in [6, 6.07) is 0. The van der Waals surface area contributed by atoms with Gasteiger partial charge in [0.25, 0.3) is 0 Å². The standard InChI is InChI=1S/C19H36O4/c1-5-9-14-20-18-13-19(21-15-10-6-2,22-16-11-7-3)23-17-12-8-4/h5-12,14-17H2,1-4H3. The van der Waals surface area contributed by atoms with Gasteiger partial charge in [0.1, 0.15) is 12.7 Å². The smallest absolute Gasteiger partial charge is 0.356 e. The lowest BCUT2D eigenvalue weighted by molar-refractivity contribution is -0.344. The first kappa shape index (κ1) is 22.2. The molecule has 0 atom stereocenters. The van der Waals surface area contributed by atoms with Crippen LogP contribution in [0.15, 0.2) is 0 Å². The van der Waals surface area contributed by atoms with Crippen molar-refractivity contribution < 1.29 is 18.9 Å². The molecule has 0 N–H and O–H groups in total. The van der Waals surface area contributed by atoms with Crippen LogP contribution in [0.2, 0.25) is 0 Å². The minimum Gasteiger partial charge on any atom is -0.446 e. The second kappa shape index (κ2) is 16.1. The number of hydrogen-bond donors (Lipinski definition) is 0. The van der Waals surface area contributed by atoms with Crippen molar-refractivity contribution in [3.8, 4) is 12.0 Å². The van der Waals surface area contributed by atoms with Crippen LogP contribution in [0.1, 0.15) is 79.1 Å². The number of rotatable bonds is 15. The van der Waals surface area contributed by atoms with Gasteiger partial charge in [-0.15, -0.1) is 0 Å². The van der Waals surface area contributed by atoms with E-state index in [-0.39, 0.29) is 0 Å². The number of unbranched alkanes of at least 4 members (excludes halogenated alkanes) is 4. The van der Waals surface area contributed by atoms with Crippen molar-refractivity contribution in [2.45, 2.75) is 85.0 Å². The van der Waals surface area contributed by atoms with Crippen LogP contribution in [0.4, 0.5) is 0 Å². The zero-order valence-corrected chi connectivity index (χ0v) is 15.6. The molecule has 23 heavy (non-hydrogen) atoms. The van der Waals surface area contributed by atoms with E-state index in [0.717, 1.165) is 51.4 Å². The first-order chi connectivity index (χ1) is 11.2. The Morgan fingerprint density at radius 1 is 0.609 bits per heavy atom. The third-order valence-corrected chi connectivity index (χ3v) is 3.25. The summed E-state index contributed by atoms with van der Waals surface area (Å²) in [6.45, 7) is 10.8. The Balaban J connectivity index is 4.77. The first-order valence-corrected chi connectivity index (χ1v) is 9.30. The molecule has 4 nitrogen and oxygen atoms in total. The maximum atomic E-state index is 5.87. The summed E-state index contributed by atoms with van der Waals surface area (Å²) in [5, 5.41) is 0. The predicted octanol–water partition coefficient (Wildman–Crippen LogP) is 4.87. The van der Waals surface area contributed by atoms with Crippen LogP contribution in [0.5, 0.6) is 0 Å². The van der Waals surface area contributed by atoms with E-state index in [1.807, 2.05) is 0 Å². The van der Waals surface area contributed by atoms with Gasteiger partial charge in [0.15, 0.2) is 0 Å². The molecular formula is C19H36O4. The lowest BCUT2D eigenvalue weighted by Crippen LogP contribution is -2.39. The Hall–Kier alpha value is -0.760. The third-order valence-electron chi connectivity index (χ3n) is 3.25. The van der Waals surface area contributed by atoms with E-state index >= 15 is 0 Å². The van der Waals surface area contributed by atoms with Gasteiger partial charge in [-0.05, 0) is 25.7 Å². The molecule has 0 saturated heterocycles. The zero-order chi connectivity index (χ0) is 17.2. The van der Waals surface area contributed by atoms with E-state index in [1.165, 1.54) is 0 Å². The Kier molecular flexibility index (Phi) is 15.6. The third kappa shape index (κ3) is 12.3. The SMILES string of the molecule is CCCCOC#CC(OCCCC)(OCCCC)OCCCC. The van der Waals surface area contributed by atoms with E-state index in [1.54, 1.807) is 0 Å². The number of hydrogen-bond acceptors (Lipinski definition) is 4. The van der Waals surface area contributed by atoms with Gasteiger partial charge < -0.3 is 18.9 Å². The molecule has 0 aliphatic rings. The fourth-order valence-electron chi connectivity index (χ4n) is 1.65. The molecule has 0 aliphatic carbocycles. The topological polar surface area (TPSA) is 36.9 Å². The molecule has 136 valence electrons. The van der Waals surface area contributed by atoms with E-state index in [0.29, 0.717) is 26.4 Å². The van der Waals surface area contributed by atoms with Crippen LogP contribution in [0.3, 0.4) is 0 Å². The monoisotopic (exact) mass is 328 g/mol. The minimum atomic E-state index is -1.29. The highest BCUT2D eigenvalue weighted by atomic mass is 16.9. The van der Waals surface area contributed by atoms with Crippen molar-refractivity contribution in [1.29, 1.82) is 0 Å². The van der Waals surface area contributed by atoms with Crippen LogP contribution >= 0.6 is 0 Å². The fourth-order valence-corrected chi connectivity index (χ4v) is 1.65. The lowest BCUT2D eigenvalue weighted by Gasteiger charge is -2.28. The van der Waals surface area contributed by atoms with E-state index in [2.05, 4.69) is 39.7 Å². The van der Waals surface area contributed by atoms with Crippen molar-refractivity contribution in [1.82, 2.24) is 0 Å². The van der Waals surface area contributed by atoms with Crippen LogP contribution in [0, 0.1) is 12.0 Å². The van der Waals surface area contributed by atoms with E-state index in [4.69, 9.17) is 18.9 Å². The predicted molar refractivity (Wildman–Crippen MR) is 93.9 cm³/mol. The molecule has 0 aromatic carbocycles. The zero-order valence-electron chi connectivity index (χ0n) is 15.6. The Morgan fingerprint density at radius 3 is 1.39 bits per heavy atom. The molecule has 0 spiro atoms. The molecule has 0 aliphatic heterocycles. The lowest BCUT2D eigenvalue weighted by atomic mass is 10.3. The Morgan fingerprint density at radius 2 is 1.00 bits per heavy atom. The molecular weight excluding hydrogens is 292 g/mol. The highest BCUT2D eigenvalue weighted by molar-refractivity contribution is 5.02. The summed E-state index contributed by atoms with van der Waals surface area (Å²) in [7, 11) is 0. The van der Waals surface area contributed by atoms with Gasteiger partial charge in [0, 0.05) is 5.92 Å². The molecule has 0 saturated carbocycles. The summed E-state index contributed by atoms with van der Waals surface area (Å²) < 4.78 is 23.0. The van der Waals surface area contributed by atoms with Gasteiger partial charge in [-0.25, -0.2) is 0 Å². The molecule has 0 amide bonds. The quantitative estimate of drug-likeness (QED) is 0.244. The first-order valence-electron chi connectivity index (χ1n) is 9.30. The van der Waals surface area contributed by atoms with Gasteiger partial charge >= 0.3 is 5.97 Å². The summed E-state index contributed by atoms with van der Waals surface area (Å²) in [5.74, 6) is 1.64. The second-order valence-corrected chi connectivity index (χ2v) is 5.59. The van der Waals surface area contributed by atoms with Gasteiger partial charge in [-0.3, -0.25) is 0 Å². The second-order valence-electron chi connectivity index (χ2n) is 5.59. The van der Waals surface area contributed by atoms with Crippen LogP contribution in [-0.2, 0) is 18.9 Å². The van der Waals surface area contributed by atoms with Crippen molar-refractivity contribution in [3.63, 3.8) is 0 Å². The maximum Gasteiger partial charge on any atom is 0.356 e. The molecule has 0 heterocycles. The molecule has 0 bridgehead atoms. The highest BCUT2D eigenvalue weighted by Gasteiger charge is 2.32. The Labute approximate surface area is 143 Å². The van der Waals surface area contributed by atoms with Crippen LogP contribution in [-0.4, -0.2) is 32.4 Å². The molecule has 0 aromatic rings. The fraction of sp³-hybridized carbons (Fsp3) is 0.895. The molecule has 0 fully saturated rings. The van der Waals surface area contributed by atoms with Gasteiger partial charge in [-0.1, -0.05) is 53.4 Å². The summed E-state index contributed by atoms with van der Waals surface area (Å²) >= 11 is 0. The highest BCUT2D eigenvalue weighted by Crippen LogP contribution is 2.17. The normalized spacial score (nSPS) is 11.1. The molecule has 4 heteroatoms. The van der Waals surface area contributed by atoms with Gasteiger partial charge in [-0.2, -0.15) is 0 Å². The number of ether oxygens (including phenoxy) is 4. The molecule has 0 unspecified atom stereocenters. The maximum absolute atomic E-state index is 5.87. The van der Waals surface area contributed by atoms with Crippen molar-refractivity contribution in [3.05, 3.63) is 0 Å². The molecule has 0 radical (unpaired) electrons.